The first-order valence-electron chi connectivity index (χ1n) is 5.90. The van der Waals surface area contributed by atoms with Crippen LogP contribution in [0.2, 0.25) is 0 Å². The SMILES string of the molecule is COC(=O)c1ccc([N+](=O)[O-])c(NCc2ncc(C)s2)n1. The second kappa shape index (κ2) is 6.27. The second-order valence-corrected chi connectivity index (χ2v) is 5.35. The summed E-state index contributed by atoms with van der Waals surface area (Å²) in [6.45, 7) is 2.21. The van der Waals surface area contributed by atoms with E-state index in [1.54, 1.807) is 6.20 Å². The predicted molar refractivity (Wildman–Crippen MR) is 76.4 cm³/mol. The quantitative estimate of drug-likeness (QED) is 0.512. The first-order chi connectivity index (χ1) is 10.0. The molecule has 8 nitrogen and oxygen atoms in total. The van der Waals surface area contributed by atoms with Gasteiger partial charge in [0.15, 0.2) is 5.69 Å². The number of esters is 1. The first-order valence-corrected chi connectivity index (χ1v) is 6.72. The number of pyridine rings is 1. The van der Waals surface area contributed by atoms with Gasteiger partial charge >= 0.3 is 11.7 Å². The van der Waals surface area contributed by atoms with Gasteiger partial charge in [-0.15, -0.1) is 11.3 Å². The maximum atomic E-state index is 11.4. The van der Waals surface area contributed by atoms with Crippen molar-refractivity contribution in [1.29, 1.82) is 0 Å². The second-order valence-electron chi connectivity index (χ2n) is 4.03. The Hall–Kier alpha value is -2.55. The van der Waals surface area contributed by atoms with Crippen molar-refractivity contribution in [2.45, 2.75) is 13.5 Å². The largest absolute Gasteiger partial charge is 0.464 e. The van der Waals surface area contributed by atoms with Crippen LogP contribution in [-0.4, -0.2) is 28.0 Å². The highest BCUT2D eigenvalue weighted by Crippen LogP contribution is 2.23. The molecule has 0 aromatic carbocycles. The highest BCUT2D eigenvalue weighted by Gasteiger charge is 2.19. The Bertz CT molecular complexity index is 686. The van der Waals surface area contributed by atoms with Crippen LogP contribution in [0, 0.1) is 17.0 Å². The normalized spacial score (nSPS) is 10.2. The van der Waals surface area contributed by atoms with Crippen LogP contribution in [0.25, 0.3) is 0 Å². The molecule has 0 fully saturated rings. The number of carbonyl (C=O) groups excluding carboxylic acids is 1. The highest BCUT2D eigenvalue weighted by atomic mass is 32.1. The van der Waals surface area contributed by atoms with Gasteiger partial charge in [0, 0.05) is 17.1 Å². The molecule has 21 heavy (non-hydrogen) atoms. The van der Waals surface area contributed by atoms with Crippen molar-refractivity contribution >= 4 is 28.8 Å². The molecule has 0 atom stereocenters. The van der Waals surface area contributed by atoms with E-state index in [1.807, 2.05) is 6.92 Å². The van der Waals surface area contributed by atoms with E-state index in [0.29, 0.717) is 0 Å². The Kier molecular flexibility index (Phi) is 4.43. The summed E-state index contributed by atoms with van der Waals surface area (Å²) in [6.07, 6.45) is 1.72. The van der Waals surface area contributed by atoms with Crippen LogP contribution in [0.5, 0.6) is 0 Å². The number of anilines is 1. The minimum atomic E-state index is -0.655. The lowest BCUT2D eigenvalue weighted by molar-refractivity contribution is -0.384. The van der Waals surface area contributed by atoms with E-state index in [0.717, 1.165) is 9.88 Å². The standard InChI is InChI=1S/C12H12N4O4S/c1-7-5-13-10(21-7)6-14-11-9(16(18)19)4-3-8(15-11)12(17)20-2/h3-5H,6H2,1-2H3,(H,14,15). The number of nitro groups is 1. The molecular formula is C12H12N4O4S. The minimum absolute atomic E-state index is 0.000851. The van der Waals surface area contributed by atoms with Crippen LogP contribution in [-0.2, 0) is 11.3 Å². The van der Waals surface area contributed by atoms with Crippen LogP contribution < -0.4 is 5.32 Å². The highest BCUT2D eigenvalue weighted by molar-refractivity contribution is 7.11. The first kappa shape index (κ1) is 14.9. The van der Waals surface area contributed by atoms with Crippen LogP contribution >= 0.6 is 11.3 Å². The summed E-state index contributed by atoms with van der Waals surface area (Å²) in [5, 5.41) is 14.6. The van der Waals surface area contributed by atoms with Crippen LogP contribution in [0.15, 0.2) is 18.3 Å². The van der Waals surface area contributed by atoms with Crippen molar-refractivity contribution in [3.63, 3.8) is 0 Å². The Labute approximate surface area is 124 Å². The summed E-state index contributed by atoms with van der Waals surface area (Å²) in [7, 11) is 1.22. The number of hydrogen-bond donors (Lipinski definition) is 1. The van der Waals surface area contributed by atoms with Crippen molar-refractivity contribution in [1.82, 2.24) is 9.97 Å². The number of nitrogens with one attached hydrogen (secondary N) is 1. The molecule has 110 valence electrons. The van der Waals surface area contributed by atoms with Crippen molar-refractivity contribution in [2.75, 3.05) is 12.4 Å². The van der Waals surface area contributed by atoms with E-state index in [9.17, 15) is 14.9 Å². The molecule has 2 aromatic rings. The van der Waals surface area contributed by atoms with Crippen LogP contribution in [0.1, 0.15) is 20.4 Å². The molecule has 0 unspecified atom stereocenters. The van der Waals surface area contributed by atoms with Crippen LogP contribution in [0.4, 0.5) is 11.5 Å². The van der Waals surface area contributed by atoms with Gasteiger partial charge in [-0.2, -0.15) is 0 Å². The van der Waals surface area contributed by atoms with Gasteiger partial charge in [0.25, 0.3) is 0 Å². The van der Waals surface area contributed by atoms with Gasteiger partial charge in [0.2, 0.25) is 5.82 Å². The molecule has 0 aliphatic carbocycles. The topological polar surface area (TPSA) is 107 Å². The number of methoxy groups -OCH3 is 1. The molecule has 0 aliphatic heterocycles. The number of aryl methyl sites for hydroxylation is 1. The third-order valence-electron chi connectivity index (χ3n) is 2.54. The van der Waals surface area contributed by atoms with E-state index in [-0.39, 0.29) is 23.7 Å². The Balaban J connectivity index is 2.25. The maximum Gasteiger partial charge on any atom is 0.356 e. The molecule has 0 amide bonds. The molecular weight excluding hydrogens is 296 g/mol. The summed E-state index contributed by atoms with van der Waals surface area (Å²) in [5.41, 5.74) is -0.211. The molecule has 0 saturated carbocycles. The van der Waals surface area contributed by atoms with Gasteiger partial charge in [-0.25, -0.2) is 14.8 Å². The Morgan fingerprint density at radius 1 is 1.52 bits per heavy atom. The number of nitrogens with zero attached hydrogens (tertiary/aromatic N) is 3. The van der Waals surface area contributed by atoms with E-state index in [2.05, 4.69) is 20.0 Å². The molecule has 0 aliphatic rings. The van der Waals surface area contributed by atoms with Crippen molar-refractivity contribution in [3.05, 3.63) is 44.0 Å². The summed E-state index contributed by atoms with van der Waals surface area (Å²) in [4.78, 5) is 31.0. The molecule has 0 radical (unpaired) electrons. The van der Waals surface area contributed by atoms with E-state index >= 15 is 0 Å². The number of rotatable bonds is 5. The van der Waals surface area contributed by atoms with Crippen molar-refractivity contribution in [2.24, 2.45) is 0 Å². The summed E-state index contributed by atoms with van der Waals surface area (Å²) >= 11 is 1.47. The van der Waals surface area contributed by atoms with Crippen molar-refractivity contribution in [3.8, 4) is 0 Å². The number of hydrogen-bond acceptors (Lipinski definition) is 8. The monoisotopic (exact) mass is 308 g/mol. The fraction of sp³-hybridized carbons (Fsp3) is 0.250. The zero-order chi connectivity index (χ0) is 15.4. The smallest absolute Gasteiger partial charge is 0.356 e. The summed E-state index contributed by atoms with van der Waals surface area (Å²) in [5.74, 6) is -0.645. The molecule has 0 saturated heterocycles. The fourth-order valence-electron chi connectivity index (χ4n) is 1.59. The third kappa shape index (κ3) is 3.51. The third-order valence-corrected chi connectivity index (χ3v) is 3.45. The number of ether oxygens (including phenoxy) is 1. The molecule has 2 rings (SSSR count). The predicted octanol–water partition coefficient (Wildman–Crippen LogP) is 2.15. The number of thiazole rings is 1. The zero-order valence-electron chi connectivity index (χ0n) is 11.3. The van der Waals surface area contributed by atoms with Gasteiger partial charge in [0.05, 0.1) is 18.6 Å². The molecule has 2 aromatic heterocycles. The zero-order valence-corrected chi connectivity index (χ0v) is 12.1. The van der Waals surface area contributed by atoms with Crippen LogP contribution in [0.3, 0.4) is 0 Å². The maximum absolute atomic E-state index is 11.4. The fourth-order valence-corrected chi connectivity index (χ4v) is 2.32. The Morgan fingerprint density at radius 3 is 2.86 bits per heavy atom. The Morgan fingerprint density at radius 2 is 2.29 bits per heavy atom. The van der Waals surface area contributed by atoms with Crippen molar-refractivity contribution < 1.29 is 14.5 Å². The molecule has 1 N–H and O–H groups in total. The molecule has 9 heteroatoms. The lowest BCUT2D eigenvalue weighted by Crippen LogP contribution is -2.10. The lowest BCUT2D eigenvalue weighted by atomic mass is 10.3. The summed E-state index contributed by atoms with van der Waals surface area (Å²) < 4.78 is 4.55. The van der Waals surface area contributed by atoms with Gasteiger partial charge in [-0.3, -0.25) is 10.1 Å². The van der Waals surface area contributed by atoms with Gasteiger partial charge < -0.3 is 10.1 Å². The number of carbonyl (C=O) groups is 1. The minimum Gasteiger partial charge on any atom is -0.464 e. The average Bonchev–Trinajstić information content (AvgIpc) is 2.89. The lowest BCUT2D eigenvalue weighted by Gasteiger charge is -2.06. The van der Waals surface area contributed by atoms with Gasteiger partial charge in [0.1, 0.15) is 5.01 Å². The molecule has 2 heterocycles. The number of aromatic nitrogens is 2. The molecule has 0 spiro atoms. The molecule has 0 bridgehead atoms. The van der Waals surface area contributed by atoms with E-state index in [1.165, 1.54) is 30.6 Å². The van der Waals surface area contributed by atoms with E-state index in [4.69, 9.17) is 0 Å². The van der Waals surface area contributed by atoms with Gasteiger partial charge in [-0.1, -0.05) is 0 Å². The van der Waals surface area contributed by atoms with Gasteiger partial charge in [-0.05, 0) is 13.0 Å². The van der Waals surface area contributed by atoms with E-state index < -0.39 is 10.9 Å². The average molecular weight is 308 g/mol. The summed E-state index contributed by atoms with van der Waals surface area (Å²) in [6, 6.07) is 2.47.